The van der Waals surface area contributed by atoms with Gasteiger partial charge in [-0.25, -0.2) is 9.78 Å². The maximum absolute atomic E-state index is 13.4. The zero-order chi connectivity index (χ0) is 26.0. The number of halogens is 2. The van der Waals surface area contributed by atoms with Crippen molar-refractivity contribution in [3.8, 4) is 5.75 Å². The number of carboxylic acids is 1. The molecule has 9 heteroatoms. The van der Waals surface area contributed by atoms with Gasteiger partial charge in [0.15, 0.2) is 0 Å². The van der Waals surface area contributed by atoms with Crippen LogP contribution < -0.4 is 10.3 Å². The minimum absolute atomic E-state index is 0.214. The number of carbonyl (C=O) groups is 1. The zero-order valence-electron chi connectivity index (χ0n) is 19.8. The van der Waals surface area contributed by atoms with E-state index in [-0.39, 0.29) is 17.7 Å². The lowest BCUT2D eigenvalue weighted by Crippen LogP contribution is -2.29. The Morgan fingerprint density at radius 2 is 1.72 bits per heavy atom. The van der Waals surface area contributed by atoms with Crippen molar-refractivity contribution in [1.82, 2.24) is 9.66 Å². The van der Waals surface area contributed by atoms with Gasteiger partial charge in [0, 0.05) is 19.9 Å². The summed E-state index contributed by atoms with van der Waals surface area (Å²) in [4.78, 5) is 29.2. The molecule has 0 unspecified atom stereocenters. The first-order valence-electron chi connectivity index (χ1n) is 11.0. The van der Waals surface area contributed by atoms with Gasteiger partial charge in [0.1, 0.15) is 18.2 Å². The van der Waals surface area contributed by atoms with Gasteiger partial charge in [-0.1, -0.05) is 64.8 Å². The van der Waals surface area contributed by atoms with E-state index in [1.54, 1.807) is 30.5 Å². The van der Waals surface area contributed by atoms with E-state index >= 15 is 0 Å². The quantitative estimate of drug-likeness (QED) is 0.255. The molecular weight excluding hydrogens is 590 g/mol. The van der Waals surface area contributed by atoms with Crippen LogP contribution in [0.1, 0.15) is 48.1 Å². The number of nitrogens with zero attached hydrogens (tertiary/aromatic N) is 3. The van der Waals surface area contributed by atoms with Crippen LogP contribution in [-0.2, 0) is 12.0 Å². The lowest BCUT2D eigenvalue weighted by atomic mass is 9.95. The van der Waals surface area contributed by atoms with Crippen LogP contribution in [0.2, 0.25) is 0 Å². The van der Waals surface area contributed by atoms with Crippen molar-refractivity contribution in [2.24, 2.45) is 5.10 Å². The molecule has 0 radical (unpaired) electrons. The molecule has 36 heavy (non-hydrogen) atoms. The summed E-state index contributed by atoms with van der Waals surface area (Å²) < 4.78 is 8.96. The highest BCUT2D eigenvalue weighted by Crippen LogP contribution is 2.25. The van der Waals surface area contributed by atoms with Crippen LogP contribution in [0.3, 0.4) is 0 Å². The van der Waals surface area contributed by atoms with Gasteiger partial charge in [0.25, 0.3) is 5.56 Å². The van der Waals surface area contributed by atoms with Gasteiger partial charge in [-0.05, 0) is 54.1 Å². The Morgan fingerprint density at radius 3 is 2.39 bits per heavy atom. The molecule has 4 rings (SSSR count). The molecule has 184 valence electrons. The molecule has 0 atom stereocenters. The van der Waals surface area contributed by atoms with Crippen molar-refractivity contribution in [3.63, 3.8) is 0 Å². The van der Waals surface area contributed by atoms with Gasteiger partial charge in [-0.2, -0.15) is 9.78 Å². The van der Waals surface area contributed by atoms with Crippen LogP contribution in [0.4, 0.5) is 0 Å². The van der Waals surface area contributed by atoms with E-state index in [1.165, 1.54) is 16.8 Å². The second kappa shape index (κ2) is 10.4. The monoisotopic (exact) mass is 611 g/mol. The minimum Gasteiger partial charge on any atom is -0.488 e. The van der Waals surface area contributed by atoms with E-state index in [0.29, 0.717) is 28.0 Å². The maximum Gasteiger partial charge on any atom is 0.335 e. The fourth-order valence-corrected chi connectivity index (χ4v) is 4.26. The Hall–Kier alpha value is -3.30. The van der Waals surface area contributed by atoms with Gasteiger partial charge in [-0.15, -0.1) is 0 Å². The number of aromatic nitrogens is 2. The van der Waals surface area contributed by atoms with Crippen LogP contribution in [0.5, 0.6) is 5.75 Å². The van der Waals surface area contributed by atoms with E-state index in [4.69, 9.17) is 14.8 Å². The van der Waals surface area contributed by atoms with Crippen molar-refractivity contribution in [2.45, 2.75) is 32.8 Å². The molecule has 4 aromatic rings. The van der Waals surface area contributed by atoms with Crippen molar-refractivity contribution in [1.29, 1.82) is 0 Å². The average Bonchev–Trinajstić information content (AvgIpc) is 2.82. The highest BCUT2D eigenvalue weighted by Gasteiger charge is 2.23. The van der Waals surface area contributed by atoms with Gasteiger partial charge < -0.3 is 9.84 Å². The number of rotatable bonds is 6. The Kier molecular flexibility index (Phi) is 7.42. The van der Waals surface area contributed by atoms with Gasteiger partial charge >= 0.3 is 5.97 Å². The average molecular weight is 613 g/mol. The van der Waals surface area contributed by atoms with Crippen LogP contribution >= 0.6 is 31.9 Å². The summed E-state index contributed by atoms with van der Waals surface area (Å²) in [5.74, 6) is 0.120. The number of hydrogen-bond acceptors (Lipinski definition) is 5. The molecule has 1 heterocycles. The number of carboxylic acid groups (broad SMARTS) is 1. The first kappa shape index (κ1) is 25.8. The maximum atomic E-state index is 13.4. The molecule has 3 aromatic carbocycles. The van der Waals surface area contributed by atoms with Crippen LogP contribution in [0.25, 0.3) is 10.9 Å². The molecule has 0 saturated carbocycles. The van der Waals surface area contributed by atoms with E-state index in [1.807, 2.05) is 45.0 Å². The minimum atomic E-state index is -0.978. The highest BCUT2D eigenvalue weighted by molar-refractivity contribution is 9.10. The predicted molar refractivity (Wildman–Crippen MR) is 147 cm³/mol. The summed E-state index contributed by atoms with van der Waals surface area (Å²) in [7, 11) is 0. The topological polar surface area (TPSA) is 93.8 Å². The summed E-state index contributed by atoms with van der Waals surface area (Å²) in [5, 5.41) is 14.1. The summed E-state index contributed by atoms with van der Waals surface area (Å²) in [6, 6.07) is 17.4. The van der Waals surface area contributed by atoms with Crippen LogP contribution in [0.15, 0.2) is 79.5 Å². The second-order valence-corrected chi connectivity index (χ2v) is 11.0. The van der Waals surface area contributed by atoms with E-state index in [2.05, 4.69) is 37.0 Å². The molecular formula is C27H23Br2N3O4. The van der Waals surface area contributed by atoms with Crippen LogP contribution in [-0.4, -0.2) is 27.0 Å². The summed E-state index contributed by atoms with van der Waals surface area (Å²) in [6.07, 6.45) is 1.58. The number of benzene rings is 3. The Bertz CT molecular complexity index is 1540. The van der Waals surface area contributed by atoms with Crippen molar-refractivity contribution in [3.05, 3.63) is 102 Å². The summed E-state index contributed by atoms with van der Waals surface area (Å²) in [5.41, 5.74) is 1.61. The molecule has 1 aromatic heterocycles. The largest absolute Gasteiger partial charge is 0.488 e. The number of hydrogen-bond donors (Lipinski definition) is 1. The molecule has 0 amide bonds. The second-order valence-electron chi connectivity index (χ2n) is 9.18. The highest BCUT2D eigenvalue weighted by atomic mass is 79.9. The molecule has 0 aliphatic carbocycles. The van der Waals surface area contributed by atoms with E-state index in [0.717, 1.165) is 14.5 Å². The van der Waals surface area contributed by atoms with Gasteiger partial charge in [0.2, 0.25) is 0 Å². The summed E-state index contributed by atoms with van der Waals surface area (Å²) in [6.45, 7) is 6.18. The van der Waals surface area contributed by atoms with E-state index in [9.17, 15) is 9.59 Å². The van der Waals surface area contributed by atoms with E-state index < -0.39 is 11.4 Å². The number of fused-ring (bicyclic) bond motifs is 1. The first-order chi connectivity index (χ1) is 17.0. The fourth-order valence-electron chi connectivity index (χ4n) is 3.52. The molecule has 0 bridgehead atoms. The van der Waals surface area contributed by atoms with Crippen molar-refractivity contribution < 1.29 is 14.6 Å². The first-order valence-corrected chi connectivity index (χ1v) is 12.6. The molecule has 7 nitrogen and oxygen atoms in total. The Labute approximate surface area is 224 Å². The number of ether oxygens (including phenoxy) is 1. The Morgan fingerprint density at radius 1 is 1.06 bits per heavy atom. The molecule has 1 N–H and O–H groups in total. The van der Waals surface area contributed by atoms with Crippen molar-refractivity contribution >= 4 is 54.9 Å². The zero-order valence-corrected chi connectivity index (χ0v) is 23.0. The summed E-state index contributed by atoms with van der Waals surface area (Å²) >= 11 is 6.91. The molecule has 0 saturated heterocycles. The molecule has 0 fully saturated rings. The standard InChI is InChI=1S/C27H23Br2N3O4/c1-27(2,3)26-31-22-10-8-20(29)13-21(22)24(33)32(26)30-14-18-12-19(28)9-11-23(18)36-15-16-4-6-17(7-5-16)25(34)35/h4-14H,15H2,1-3H3,(H,34,35). The molecule has 0 aliphatic heterocycles. The normalized spacial score (nSPS) is 11.8. The van der Waals surface area contributed by atoms with Crippen molar-refractivity contribution in [2.75, 3.05) is 0 Å². The molecule has 0 spiro atoms. The number of aromatic carboxylic acids is 1. The smallest absolute Gasteiger partial charge is 0.335 e. The molecule has 0 aliphatic rings. The Balaban J connectivity index is 1.71. The van der Waals surface area contributed by atoms with Gasteiger partial charge in [-0.3, -0.25) is 4.79 Å². The van der Waals surface area contributed by atoms with Gasteiger partial charge in [0.05, 0.1) is 22.7 Å². The lowest BCUT2D eigenvalue weighted by molar-refractivity contribution is 0.0697. The third kappa shape index (κ3) is 5.74. The van der Waals surface area contributed by atoms with Crippen LogP contribution in [0, 0.1) is 0 Å². The third-order valence-corrected chi connectivity index (χ3v) is 6.35. The third-order valence-electron chi connectivity index (χ3n) is 5.36. The SMILES string of the molecule is CC(C)(C)c1nc2ccc(Br)cc2c(=O)n1N=Cc1cc(Br)ccc1OCc1ccc(C(=O)O)cc1. The predicted octanol–water partition coefficient (Wildman–Crippen LogP) is 6.38. The lowest BCUT2D eigenvalue weighted by Gasteiger charge is -2.21. The fraction of sp³-hybridized carbons (Fsp3) is 0.185.